The highest BCUT2D eigenvalue weighted by atomic mass is 16.4. The lowest BCUT2D eigenvalue weighted by Crippen LogP contribution is -1.93. The summed E-state index contributed by atoms with van der Waals surface area (Å²) in [5.41, 5.74) is 0. The van der Waals surface area contributed by atoms with Crippen LogP contribution in [0.3, 0.4) is 0 Å². The average molecular weight is 257 g/mol. The highest BCUT2D eigenvalue weighted by Gasteiger charge is 1.96. The molecule has 0 saturated carbocycles. The molecule has 0 aliphatic carbocycles. The van der Waals surface area contributed by atoms with Crippen LogP contribution in [0.5, 0.6) is 0 Å². The number of hydrogen-bond acceptors (Lipinski definition) is 1. The molecule has 0 aromatic rings. The van der Waals surface area contributed by atoms with Crippen LogP contribution in [0.15, 0.2) is 0 Å². The van der Waals surface area contributed by atoms with E-state index in [0.717, 1.165) is 19.3 Å². The standard InChI is InChI=1S/C16H32O2/c1-2-3-4-5-6-7-8-9-10-11-12-13-14-15-16(17)18/h2-15H2,1H3,(H,17,18)/i2D/t2-/m1/s1. The number of carbonyl (C=O) groups is 1. The SMILES string of the molecule is [2H][C@H](C)CCCCCCCCCCCCCC(=O)O. The predicted octanol–water partition coefficient (Wildman–Crippen LogP) is 5.55. The Balaban J connectivity index is 2.97. The number of unbranched alkanes of at least 4 members (excludes halogenated alkanes) is 10. The molecule has 0 spiro atoms. The fraction of sp³-hybridized carbons (Fsp3) is 0.938. The van der Waals surface area contributed by atoms with Crippen molar-refractivity contribution in [3.05, 3.63) is 0 Å². The van der Waals surface area contributed by atoms with E-state index >= 15 is 0 Å². The van der Waals surface area contributed by atoms with Gasteiger partial charge in [-0.1, -0.05) is 83.9 Å². The summed E-state index contributed by atoms with van der Waals surface area (Å²) in [6, 6.07) is 0. The molecule has 0 aliphatic rings. The van der Waals surface area contributed by atoms with E-state index in [1.807, 2.05) is 6.92 Å². The van der Waals surface area contributed by atoms with Crippen LogP contribution in [0, 0.1) is 0 Å². The lowest BCUT2D eigenvalue weighted by molar-refractivity contribution is -0.137. The van der Waals surface area contributed by atoms with Crippen LogP contribution in [0.4, 0.5) is 0 Å². The minimum absolute atomic E-state index is 0.112. The fourth-order valence-electron chi connectivity index (χ4n) is 2.22. The summed E-state index contributed by atoms with van der Waals surface area (Å²) >= 11 is 0. The topological polar surface area (TPSA) is 37.3 Å². The number of aliphatic carboxylic acids is 1. The Morgan fingerprint density at radius 3 is 1.44 bits per heavy atom. The van der Waals surface area contributed by atoms with Gasteiger partial charge < -0.3 is 5.11 Å². The van der Waals surface area contributed by atoms with Crippen LogP contribution in [0.2, 0.25) is 0 Å². The van der Waals surface area contributed by atoms with E-state index in [-0.39, 0.29) is 6.40 Å². The Bertz CT molecular complexity index is 205. The highest BCUT2D eigenvalue weighted by molar-refractivity contribution is 5.66. The minimum atomic E-state index is -0.667. The minimum Gasteiger partial charge on any atom is -0.481 e. The van der Waals surface area contributed by atoms with Gasteiger partial charge in [0.25, 0.3) is 0 Å². The summed E-state index contributed by atoms with van der Waals surface area (Å²) in [5, 5.41) is 8.49. The first kappa shape index (κ1) is 15.5. The second kappa shape index (κ2) is 14.5. The summed E-state index contributed by atoms with van der Waals surface area (Å²) < 4.78 is 7.41. The first-order valence-corrected chi connectivity index (χ1v) is 7.77. The molecule has 0 saturated heterocycles. The van der Waals surface area contributed by atoms with Crippen LogP contribution in [-0.4, -0.2) is 11.1 Å². The van der Waals surface area contributed by atoms with Gasteiger partial charge in [0.2, 0.25) is 0 Å². The van der Waals surface area contributed by atoms with E-state index in [1.54, 1.807) is 0 Å². The van der Waals surface area contributed by atoms with Crippen LogP contribution in [0.25, 0.3) is 0 Å². The molecule has 0 aromatic carbocycles. The third kappa shape index (κ3) is 15.5. The zero-order chi connectivity index (χ0) is 14.3. The Hall–Kier alpha value is -0.530. The molecule has 0 aromatic heterocycles. The summed E-state index contributed by atoms with van der Waals surface area (Å²) in [6.45, 7) is 1.97. The van der Waals surface area contributed by atoms with E-state index in [0.29, 0.717) is 6.42 Å². The first-order valence-electron chi connectivity index (χ1n) is 8.34. The van der Waals surface area contributed by atoms with Crippen molar-refractivity contribution in [2.45, 2.75) is 96.8 Å². The van der Waals surface area contributed by atoms with Gasteiger partial charge in [0.1, 0.15) is 0 Å². The average Bonchev–Trinajstić information content (AvgIpc) is 2.34. The van der Waals surface area contributed by atoms with Crippen molar-refractivity contribution in [2.75, 3.05) is 0 Å². The molecule has 1 N–H and O–H groups in total. The Morgan fingerprint density at radius 1 is 0.778 bits per heavy atom. The lowest BCUT2D eigenvalue weighted by atomic mass is 10.0. The van der Waals surface area contributed by atoms with Crippen LogP contribution in [0.1, 0.15) is 98.2 Å². The summed E-state index contributed by atoms with van der Waals surface area (Å²) in [6.07, 6.45) is 15.0. The molecule has 1 atom stereocenters. The maximum absolute atomic E-state index is 10.3. The molecular weight excluding hydrogens is 224 g/mol. The first-order chi connectivity index (χ1) is 9.13. The molecule has 0 amide bonds. The fourth-order valence-corrected chi connectivity index (χ4v) is 2.22. The van der Waals surface area contributed by atoms with E-state index < -0.39 is 5.97 Å². The Morgan fingerprint density at radius 2 is 1.11 bits per heavy atom. The molecule has 2 heteroatoms. The Kier molecular flexibility index (Phi) is 12.5. The van der Waals surface area contributed by atoms with Crippen molar-refractivity contribution in [1.82, 2.24) is 0 Å². The molecule has 0 aliphatic heterocycles. The van der Waals surface area contributed by atoms with Gasteiger partial charge in [-0.05, 0) is 6.42 Å². The van der Waals surface area contributed by atoms with Crippen LogP contribution >= 0.6 is 0 Å². The quantitative estimate of drug-likeness (QED) is 0.414. The maximum atomic E-state index is 10.3. The number of hydrogen-bond donors (Lipinski definition) is 1. The number of rotatable bonds is 14. The van der Waals surface area contributed by atoms with Crippen molar-refractivity contribution in [1.29, 1.82) is 0 Å². The molecule has 0 bridgehead atoms. The normalized spacial score (nSPS) is 13.3. The van der Waals surface area contributed by atoms with Crippen molar-refractivity contribution in [3.8, 4) is 0 Å². The van der Waals surface area contributed by atoms with Crippen LogP contribution in [-0.2, 0) is 4.79 Å². The zero-order valence-corrected chi connectivity index (χ0v) is 12.1. The molecule has 0 heterocycles. The van der Waals surface area contributed by atoms with Crippen molar-refractivity contribution in [3.63, 3.8) is 0 Å². The molecule has 108 valence electrons. The molecule has 0 rings (SSSR count). The van der Waals surface area contributed by atoms with Gasteiger partial charge in [-0.25, -0.2) is 0 Å². The molecule has 2 nitrogen and oxygen atoms in total. The van der Waals surface area contributed by atoms with E-state index in [1.165, 1.54) is 57.8 Å². The van der Waals surface area contributed by atoms with Gasteiger partial charge in [0, 0.05) is 7.79 Å². The zero-order valence-electron chi connectivity index (χ0n) is 13.1. The molecule has 0 unspecified atom stereocenters. The smallest absolute Gasteiger partial charge is 0.303 e. The number of carboxylic acid groups (broad SMARTS) is 1. The van der Waals surface area contributed by atoms with Crippen LogP contribution < -0.4 is 0 Å². The molecule has 18 heavy (non-hydrogen) atoms. The summed E-state index contributed by atoms with van der Waals surface area (Å²) in [4.78, 5) is 10.3. The van der Waals surface area contributed by atoms with Gasteiger partial charge in [-0.15, -0.1) is 0 Å². The van der Waals surface area contributed by atoms with Gasteiger partial charge >= 0.3 is 5.97 Å². The molecule has 0 fully saturated rings. The second-order valence-corrected chi connectivity index (χ2v) is 5.23. The largest absolute Gasteiger partial charge is 0.481 e. The maximum Gasteiger partial charge on any atom is 0.303 e. The second-order valence-electron chi connectivity index (χ2n) is 5.23. The summed E-state index contributed by atoms with van der Waals surface area (Å²) in [5.74, 6) is -0.667. The summed E-state index contributed by atoms with van der Waals surface area (Å²) in [7, 11) is 0. The van der Waals surface area contributed by atoms with E-state index in [2.05, 4.69) is 0 Å². The van der Waals surface area contributed by atoms with Gasteiger partial charge in [-0.2, -0.15) is 0 Å². The number of carboxylic acids is 1. The third-order valence-corrected chi connectivity index (χ3v) is 3.38. The van der Waals surface area contributed by atoms with Gasteiger partial charge in [0.15, 0.2) is 0 Å². The van der Waals surface area contributed by atoms with Crippen molar-refractivity contribution >= 4 is 5.97 Å². The highest BCUT2D eigenvalue weighted by Crippen LogP contribution is 2.12. The van der Waals surface area contributed by atoms with Gasteiger partial charge in [0.05, 0.1) is 0 Å². The van der Waals surface area contributed by atoms with Crippen molar-refractivity contribution in [2.24, 2.45) is 0 Å². The third-order valence-electron chi connectivity index (χ3n) is 3.38. The predicted molar refractivity (Wildman–Crippen MR) is 77.9 cm³/mol. The van der Waals surface area contributed by atoms with E-state index in [4.69, 9.17) is 6.48 Å². The lowest BCUT2D eigenvalue weighted by Gasteiger charge is -2.02. The van der Waals surface area contributed by atoms with Gasteiger partial charge in [-0.3, -0.25) is 4.79 Å². The monoisotopic (exact) mass is 257 g/mol. The Labute approximate surface area is 115 Å². The molecular formula is C16H32O2. The van der Waals surface area contributed by atoms with Crippen molar-refractivity contribution < 1.29 is 11.3 Å². The van der Waals surface area contributed by atoms with E-state index in [9.17, 15) is 4.79 Å². The molecule has 0 radical (unpaired) electrons.